The van der Waals surface area contributed by atoms with Crippen molar-refractivity contribution < 1.29 is 9.90 Å². The molecule has 1 aliphatic rings. The van der Waals surface area contributed by atoms with Crippen LogP contribution in [0.25, 0.3) is 0 Å². The molecule has 0 aromatic rings. The molecule has 1 aliphatic carbocycles. The monoisotopic (exact) mass is 260 g/mol. The van der Waals surface area contributed by atoms with Crippen LogP contribution in [-0.4, -0.2) is 97.4 Å². The average Bonchev–Trinajstić information content (AvgIpc) is 2.24. The Balaban J connectivity index is 3.88. The van der Waals surface area contributed by atoms with E-state index in [1.54, 1.807) is 0 Å². The third-order valence-corrected chi connectivity index (χ3v) is 9.18. The molecule has 0 aliphatic heterocycles. The molecule has 0 aromatic carbocycles. The minimum atomic E-state index is -0.789. The molecule has 1 fully saturated rings. The first-order valence-electron chi connectivity index (χ1n) is 7.68. The molecule has 0 heterocycles. The van der Waals surface area contributed by atoms with Gasteiger partial charge in [-0.25, -0.2) is 0 Å². The zero-order valence-electron chi connectivity index (χ0n) is 15.4. The Bertz CT molecular complexity index is 424. The minimum absolute atomic E-state index is 0.0158. The van der Waals surface area contributed by atoms with Gasteiger partial charge < -0.3 is 5.11 Å². The van der Waals surface area contributed by atoms with Gasteiger partial charge in [-0.05, 0) is 0 Å². The number of rotatable bonds is 1. The van der Waals surface area contributed by atoms with Crippen LogP contribution in [0, 0.1) is 0 Å². The van der Waals surface area contributed by atoms with E-state index in [1.165, 1.54) is 0 Å². The molecule has 1 saturated carbocycles. The Morgan fingerprint density at radius 2 is 0.750 bits per heavy atom. The molecule has 0 atom stereocenters. The molecule has 96 valence electrons. The van der Waals surface area contributed by atoms with Crippen molar-refractivity contribution in [2.75, 3.05) is 0 Å². The van der Waals surface area contributed by atoms with E-state index in [2.05, 4.69) is 78.5 Å². The molecule has 1 rings (SSSR count). The molecule has 13 heteroatoms. The number of hydrogen-bond donors (Lipinski definition) is 1. The molecule has 0 saturated heterocycles. The van der Waals surface area contributed by atoms with Gasteiger partial charge in [-0.1, -0.05) is 10.4 Å². The summed E-state index contributed by atoms with van der Waals surface area (Å²) >= 11 is 0. The fourth-order valence-corrected chi connectivity index (χ4v) is 4.91. The van der Waals surface area contributed by atoms with Gasteiger partial charge in [0.25, 0.3) is 5.97 Å². The predicted molar refractivity (Wildman–Crippen MR) is 118 cm³/mol. The van der Waals surface area contributed by atoms with Crippen LogP contribution >= 0.6 is 0 Å². The smallest absolute Gasteiger partial charge is 0.299 e. The Kier molecular flexibility index (Phi) is 3.77. The predicted octanol–water partition coefficient (Wildman–Crippen LogP) is -9.21. The highest BCUT2D eigenvalue weighted by Gasteiger charge is 2.73. The SMILES string of the molecule is BC1(B)C(B)(B)C(B)(B)C(B)(C(=O)O)C(B)(B)C1(B)B. The second-order valence-electron chi connectivity index (χ2n) is 9.56. The second-order valence-corrected chi connectivity index (χ2v) is 9.56. The molecule has 0 unspecified atom stereocenters. The lowest BCUT2D eigenvalue weighted by atomic mass is 8.96. The van der Waals surface area contributed by atoms with Crippen molar-refractivity contribution >= 4 is 92.3 Å². The molecule has 2 nitrogen and oxygen atoms in total. The van der Waals surface area contributed by atoms with E-state index in [9.17, 15) is 9.90 Å². The largest absolute Gasteiger partial charge is 0.481 e. The third-order valence-electron chi connectivity index (χ3n) is 9.18. The Hall–Kier alpha value is 0.184. The van der Waals surface area contributed by atoms with Crippen molar-refractivity contribution in [1.82, 2.24) is 0 Å². The van der Waals surface area contributed by atoms with Crippen molar-refractivity contribution in [3.63, 3.8) is 0 Å². The molecule has 0 amide bonds. The molecule has 0 bridgehead atoms. The van der Waals surface area contributed by atoms with E-state index < -0.39 is 11.3 Å². The first kappa shape index (κ1) is 18.2. The highest BCUT2D eigenvalue weighted by molar-refractivity contribution is 6.73. The normalized spacial score (nSPS) is 31.0. The molecule has 20 heavy (non-hydrogen) atoms. The van der Waals surface area contributed by atoms with Gasteiger partial charge in [0.15, 0.2) is 0 Å². The van der Waals surface area contributed by atoms with Crippen molar-refractivity contribution in [1.29, 1.82) is 0 Å². The maximum atomic E-state index is 12.3. The lowest BCUT2D eigenvalue weighted by Gasteiger charge is -2.78. The van der Waals surface area contributed by atoms with Gasteiger partial charge >= 0.3 is 0 Å². The van der Waals surface area contributed by atoms with Crippen molar-refractivity contribution in [2.24, 2.45) is 0 Å². The van der Waals surface area contributed by atoms with Gasteiger partial charge in [-0.2, -0.15) is 0 Å². The lowest BCUT2D eigenvalue weighted by molar-refractivity contribution is -0.142. The lowest BCUT2D eigenvalue weighted by Crippen LogP contribution is -2.68. The van der Waals surface area contributed by atoms with Gasteiger partial charge in [0.2, 0.25) is 0 Å². The fraction of sp³-hybridized carbons (Fsp3) is 0.857. The Morgan fingerprint density at radius 3 is 0.950 bits per heavy atom. The van der Waals surface area contributed by atoms with Gasteiger partial charge in [-0.3, -0.25) is 4.79 Å². The highest BCUT2D eigenvalue weighted by atomic mass is 16.4. The van der Waals surface area contributed by atoms with E-state index in [0.29, 0.717) is 0 Å². The van der Waals surface area contributed by atoms with Crippen LogP contribution in [0.4, 0.5) is 0 Å². The number of carbonyl (C=O) groups is 1. The topological polar surface area (TPSA) is 37.3 Å². The maximum Gasteiger partial charge on any atom is 0.299 e. The summed E-state index contributed by atoms with van der Waals surface area (Å²) in [6.07, 6.45) is 0. The van der Waals surface area contributed by atoms with Gasteiger partial charge in [0.05, 0.1) is 78.5 Å². The molecular weight excluding hydrogens is 235 g/mol. The Labute approximate surface area is 134 Å². The molecule has 0 aromatic heterocycles. The number of carboxylic acids is 1. The van der Waals surface area contributed by atoms with E-state index in [0.717, 1.165) is 0 Å². The van der Waals surface area contributed by atoms with Crippen LogP contribution in [-0.2, 0) is 4.79 Å². The standard InChI is InChI=1S/C7H23B11O2/c8-2(1(19)20)3(9,10)5(13,14)7(17,18)6(15,16)4(2,11)12/h8-18H2,(H,19,20). The van der Waals surface area contributed by atoms with Crippen LogP contribution in [0.1, 0.15) is 0 Å². The van der Waals surface area contributed by atoms with Crippen molar-refractivity contribution in [3.05, 3.63) is 0 Å². The summed E-state index contributed by atoms with van der Waals surface area (Å²) in [5.41, 5.74) is 0. The zero-order chi connectivity index (χ0) is 16.6. The zero-order valence-corrected chi connectivity index (χ0v) is 15.4. The summed E-state index contributed by atoms with van der Waals surface area (Å²) in [5, 5.41) is 8.47. The molecule has 0 radical (unpaired) electrons. The quantitative estimate of drug-likeness (QED) is 0.474. The summed E-state index contributed by atoms with van der Waals surface area (Å²) in [5.74, 6) is -0.677. The van der Waals surface area contributed by atoms with Gasteiger partial charge in [0.1, 0.15) is 7.85 Å². The first-order valence-corrected chi connectivity index (χ1v) is 7.68. The highest BCUT2D eigenvalue weighted by Crippen LogP contribution is 2.86. The van der Waals surface area contributed by atoms with E-state index >= 15 is 0 Å². The fourth-order valence-electron chi connectivity index (χ4n) is 4.91. The van der Waals surface area contributed by atoms with Crippen molar-refractivity contribution in [2.45, 2.75) is 31.4 Å². The molecule has 0 spiro atoms. The van der Waals surface area contributed by atoms with Crippen LogP contribution < -0.4 is 0 Å². The number of carboxylic acid groups (broad SMARTS) is 1. The third kappa shape index (κ3) is 1.48. The van der Waals surface area contributed by atoms with Crippen LogP contribution in [0.3, 0.4) is 0 Å². The summed E-state index contributed by atoms with van der Waals surface area (Å²) in [4.78, 5) is 12.3. The molecular formula is C7H23B11O2. The van der Waals surface area contributed by atoms with Crippen LogP contribution in [0.15, 0.2) is 0 Å². The first-order chi connectivity index (χ1) is 8.44. The van der Waals surface area contributed by atoms with Gasteiger partial charge in [-0.15, -0.1) is 15.6 Å². The van der Waals surface area contributed by atoms with E-state index in [1.807, 2.05) is 7.85 Å². The number of hydrogen-bond acceptors (Lipinski definition) is 1. The Morgan fingerprint density at radius 1 is 0.550 bits per heavy atom. The molecule has 1 N–H and O–H groups in total. The minimum Gasteiger partial charge on any atom is -0.481 e. The van der Waals surface area contributed by atoms with E-state index in [4.69, 9.17) is 0 Å². The average molecular weight is 258 g/mol. The summed E-state index contributed by atoms with van der Waals surface area (Å²) < 4.78 is 0. The summed E-state index contributed by atoms with van der Waals surface area (Å²) in [7, 11) is 24.1. The van der Waals surface area contributed by atoms with Crippen LogP contribution in [0.2, 0.25) is 31.4 Å². The van der Waals surface area contributed by atoms with Crippen LogP contribution in [0.5, 0.6) is 0 Å². The van der Waals surface area contributed by atoms with E-state index in [-0.39, 0.29) is 26.1 Å². The summed E-state index contributed by atoms with van der Waals surface area (Å²) in [6.45, 7) is 0. The maximum absolute atomic E-state index is 12.3. The second kappa shape index (κ2) is 4.13. The van der Waals surface area contributed by atoms with Crippen molar-refractivity contribution in [3.8, 4) is 0 Å². The van der Waals surface area contributed by atoms with Gasteiger partial charge in [0, 0.05) is 5.31 Å². The summed E-state index contributed by atoms with van der Waals surface area (Å²) in [6, 6.07) is 0. The number of aliphatic carboxylic acids is 1.